The zero-order valence-electron chi connectivity index (χ0n) is 10.3. The number of hydrogen-bond donors (Lipinski definition) is 0. The summed E-state index contributed by atoms with van der Waals surface area (Å²) in [5, 5.41) is 1.22. The molecule has 3 rings (SSSR count). The van der Waals surface area contributed by atoms with Crippen LogP contribution in [0.2, 0.25) is 5.15 Å². The van der Waals surface area contributed by atoms with Crippen LogP contribution in [0.3, 0.4) is 0 Å². The van der Waals surface area contributed by atoms with Crippen molar-refractivity contribution in [3.63, 3.8) is 0 Å². The van der Waals surface area contributed by atoms with Gasteiger partial charge in [-0.25, -0.2) is 4.98 Å². The van der Waals surface area contributed by atoms with Crippen molar-refractivity contribution in [2.24, 2.45) is 0 Å². The third-order valence-electron chi connectivity index (χ3n) is 2.96. The maximum Gasteiger partial charge on any atom is 0.269 e. The summed E-state index contributed by atoms with van der Waals surface area (Å²) in [5.74, 6) is 0. The fourth-order valence-corrected chi connectivity index (χ4v) is 2.43. The number of rotatable bonds is 2. The van der Waals surface area contributed by atoms with Gasteiger partial charge in [0.25, 0.3) is 5.56 Å². The van der Waals surface area contributed by atoms with Crippen molar-refractivity contribution in [1.29, 1.82) is 0 Å². The normalized spacial score (nSPS) is 10.9. The lowest BCUT2D eigenvalue weighted by Gasteiger charge is -2.07. The Hall–Kier alpha value is -1.72. The zero-order valence-corrected chi connectivity index (χ0v) is 12.6. The molecule has 2 heterocycles. The van der Waals surface area contributed by atoms with Crippen molar-refractivity contribution in [3.05, 3.63) is 68.4 Å². The summed E-state index contributed by atoms with van der Waals surface area (Å²) in [6, 6.07) is 9.78. The molecule has 0 atom stereocenters. The first kappa shape index (κ1) is 13.3. The molecule has 1 aromatic carbocycles. The Balaban J connectivity index is 2.01. The number of fused-ring (bicyclic) bond motifs is 1. The molecule has 0 radical (unpaired) electrons. The van der Waals surface area contributed by atoms with E-state index in [2.05, 4.69) is 25.9 Å². The predicted molar refractivity (Wildman–Crippen MR) is 82.1 cm³/mol. The average molecular weight is 351 g/mol. The zero-order chi connectivity index (χ0) is 14.1. The summed E-state index contributed by atoms with van der Waals surface area (Å²) < 4.78 is 1.79. The molecule has 0 aliphatic carbocycles. The van der Waals surface area contributed by atoms with Gasteiger partial charge in [0.15, 0.2) is 5.15 Å². The summed E-state index contributed by atoms with van der Waals surface area (Å²) in [4.78, 5) is 20.3. The van der Waals surface area contributed by atoms with E-state index in [0.29, 0.717) is 6.54 Å². The third kappa shape index (κ3) is 2.46. The highest BCUT2D eigenvalue weighted by atomic mass is 79.9. The topological polar surface area (TPSA) is 47.8 Å². The fourth-order valence-electron chi connectivity index (χ4n) is 1.98. The van der Waals surface area contributed by atoms with Gasteiger partial charge in [0.2, 0.25) is 0 Å². The van der Waals surface area contributed by atoms with Crippen LogP contribution in [-0.2, 0) is 6.54 Å². The maximum atomic E-state index is 12.0. The highest BCUT2D eigenvalue weighted by Crippen LogP contribution is 2.16. The molecule has 0 N–H and O–H groups in total. The lowest BCUT2D eigenvalue weighted by atomic mass is 10.1. The van der Waals surface area contributed by atoms with Crippen LogP contribution < -0.4 is 5.56 Å². The van der Waals surface area contributed by atoms with Crippen molar-refractivity contribution in [2.75, 3.05) is 0 Å². The van der Waals surface area contributed by atoms with E-state index in [1.54, 1.807) is 6.20 Å². The van der Waals surface area contributed by atoms with Crippen molar-refractivity contribution >= 4 is 38.4 Å². The molecular weight excluding hydrogens is 342 g/mol. The summed E-state index contributed by atoms with van der Waals surface area (Å²) >= 11 is 8.93. The summed E-state index contributed by atoms with van der Waals surface area (Å²) in [7, 11) is 0. The van der Waals surface area contributed by atoms with Gasteiger partial charge < -0.3 is 0 Å². The second-order valence-corrected chi connectivity index (χ2v) is 5.46. The van der Waals surface area contributed by atoms with Crippen LogP contribution in [0.25, 0.3) is 10.9 Å². The molecule has 0 unspecified atom stereocenters. The van der Waals surface area contributed by atoms with Crippen LogP contribution in [0, 0.1) is 0 Å². The van der Waals surface area contributed by atoms with Gasteiger partial charge in [0.05, 0.1) is 18.4 Å². The van der Waals surface area contributed by atoms with Gasteiger partial charge in [-0.15, -0.1) is 0 Å². The van der Waals surface area contributed by atoms with E-state index in [9.17, 15) is 4.79 Å². The van der Waals surface area contributed by atoms with Crippen molar-refractivity contribution < 1.29 is 0 Å². The van der Waals surface area contributed by atoms with Crippen LogP contribution in [0.1, 0.15) is 5.56 Å². The van der Waals surface area contributed by atoms with E-state index in [4.69, 9.17) is 11.6 Å². The highest BCUT2D eigenvalue weighted by Gasteiger charge is 2.07. The van der Waals surface area contributed by atoms with Crippen molar-refractivity contribution in [2.45, 2.75) is 6.54 Å². The lowest BCUT2D eigenvalue weighted by Crippen LogP contribution is -2.21. The average Bonchev–Trinajstić information content (AvgIpc) is 2.48. The Morgan fingerprint density at radius 3 is 2.95 bits per heavy atom. The maximum absolute atomic E-state index is 12.0. The van der Waals surface area contributed by atoms with Gasteiger partial charge in [0, 0.05) is 11.6 Å². The van der Waals surface area contributed by atoms with Crippen LogP contribution in [0.15, 0.2) is 52.1 Å². The van der Waals surface area contributed by atoms with Crippen LogP contribution >= 0.6 is 27.5 Å². The number of benzene rings is 1. The molecule has 0 aliphatic heterocycles. The predicted octanol–water partition coefficient (Wildman–Crippen LogP) is 3.26. The molecule has 6 heteroatoms. The van der Waals surface area contributed by atoms with Crippen LogP contribution in [-0.4, -0.2) is 14.5 Å². The number of hydrogen-bond acceptors (Lipinski definition) is 3. The molecule has 3 aromatic rings. The van der Waals surface area contributed by atoms with E-state index >= 15 is 0 Å². The Kier molecular flexibility index (Phi) is 3.54. The van der Waals surface area contributed by atoms with Gasteiger partial charge in [0.1, 0.15) is 4.47 Å². The third-order valence-corrected chi connectivity index (χ3v) is 4.19. The molecule has 20 heavy (non-hydrogen) atoms. The number of halogens is 2. The number of aromatic nitrogens is 3. The molecule has 0 fully saturated rings. The first-order chi connectivity index (χ1) is 9.65. The van der Waals surface area contributed by atoms with E-state index in [1.807, 2.05) is 30.3 Å². The molecule has 0 saturated heterocycles. The van der Waals surface area contributed by atoms with Crippen LogP contribution in [0.4, 0.5) is 0 Å². The standard InChI is InChI=1S/C14H9BrClN3O/c15-12-13(16)18-8-19(14(12)20)7-9-3-4-11-10(6-9)2-1-5-17-11/h1-6,8H,7H2. The molecule has 0 amide bonds. The molecule has 0 saturated carbocycles. The van der Waals surface area contributed by atoms with Crippen molar-refractivity contribution in [3.8, 4) is 0 Å². The molecule has 2 aromatic heterocycles. The minimum absolute atomic E-state index is 0.175. The SMILES string of the molecule is O=c1c(Br)c(Cl)ncn1Cc1ccc2ncccc2c1. The minimum atomic E-state index is -0.198. The molecular formula is C14H9BrClN3O. The molecule has 0 bridgehead atoms. The van der Waals surface area contributed by atoms with E-state index < -0.39 is 0 Å². The monoisotopic (exact) mass is 349 g/mol. The van der Waals surface area contributed by atoms with Gasteiger partial charge in [-0.1, -0.05) is 23.7 Å². The molecule has 0 aliphatic rings. The minimum Gasteiger partial charge on any atom is -0.294 e. The van der Waals surface area contributed by atoms with E-state index in [0.717, 1.165) is 16.5 Å². The van der Waals surface area contributed by atoms with Gasteiger partial charge in [-0.05, 0) is 39.7 Å². The smallest absolute Gasteiger partial charge is 0.269 e. The molecule has 0 spiro atoms. The van der Waals surface area contributed by atoms with Crippen molar-refractivity contribution in [1.82, 2.24) is 14.5 Å². The molecule has 4 nitrogen and oxygen atoms in total. The quantitative estimate of drug-likeness (QED) is 0.667. The van der Waals surface area contributed by atoms with Gasteiger partial charge >= 0.3 is 0 Å². The summed E-state index contributed by atoms with van der Waals surface area (Å²) in [6.45, 7) is 0.437. The molecule has 100 valence electrons. The fraction of sp³-hybridized carbons (Fsp3) is 0.0714. The largest absolute Gasteiger partial charge is 0.294 e. The first-order valence-electron chi connectivity index (χ1n) is 5.89. The van der Waals surface area contributed by atoms with Gasteiger partial charge in [-0.3, -0.25) is 14.3 Å². The lowest BCUT2D eigenvalue weighted by molar-refractivity contribution is 0.731. The number of pyridine rings is 1. The second kappa shape index (κ2) is 5.34. The second-order valence-electron chi connectivity index (χ2n) is 4.31. The Bertz CT molecular complexity index is 847. The van der Waals surface area contributed by atoms with Gasteiger partial charge in [-0.2, -0.15) is 0 Å². The Morgan fingerprint density at radius 2 is 2.10 bits per heavy atom. The van der Waals surface area contributed by atoms with E-state index in [1.165, 1.54) is 10.9 Å². The Morgan fingerprint density at radius 1 is 1.25 bits per heavy atom. The Labute approximate surface area is 128 Å². The highest BCUT2D eigenvalue weighted by molar-refractivity contribution is 9.10. The first-order valence-corrected chi connectivity index (χ1v) is 7.06. The summed E-state index contributed by atoms with van der Waals surface area (Å²) in [5.41, 5.74) is 1.74. The summed E-state index contributed by atoms with van der Waals surface area (Å²) in [6.07, 6.45) is 3.20. The number of nitrogens with zero attached hydrogens (tertiary/aromatic N) is 3. The van der Waals surface area contributed by atoms with E-state index in [-0.39, 0.29) is 15.2 Å². The van der Waals surface area contributed by atoms with Crippen LogP contribution in [0.5, 0.6) is 0 Å².